The van der Waals surface area contributed by atoms with E-state index in [1.165, 1.54) is 12.3 Å². The molecule has 9 nitrogen and oxygen atoms in total. The fraction of sp³-hybridized carbons (Fsp3) is 0.654. The first-order valence-electron chi connectivity index (χ1n) is 12.1. The normalized spacial score (nSPS) is 54.7. The Bertz CT molecular complexity index is 1250. The third-order valence-electron chi connectivity index (χ3n) is 10.6. The second kappa shape index (κ2) is 5.58. The SMILES string of the molecule is CC1(C)O[C@]2(O)C(=O)[C@]13OC(=O)C=C[C@]3(C)[C@H]1CC[C@@]3(C)[C@H](c4ccoc4)OC(=O)[C@H]4O[C@]43[C@@]12C. The molecule has 4 aliphatic heterocycles. The predicted octanol–water partition coefficient (Wildman–Crippen LogP) is 2.38. The number of fused-ring (bicyclic) bond motifs is 4. The van der Waals surface area contributed by atoms with Gasteiger partial charge in [0.1, 0.15) is 17.3 Å². The maximum Gasteiger partial charge on any atom is 0.339 e. The number of ether oxygens (including phenoxy) is 4. The Kier molecular flexibility index (Phi) is 3.47. The molecule has 0 aromatic carbocycles. The summed E-state index contributed by atoms with van der Waals surface area (Å²) in [6.07, 6.45) is 5.61. The van der Waals surface area contributed by atoms with Gasteiger partial charge in [-0.25, -0.2) is 9.59 Å². The van der Waals surface area contributed by atoms with Gasteiger partial charge in [0.25, 0.3) is 0 Å². The number of ketones is 1. The lowest BCUT2D eigenvalue weighted by molar-refractivity contribution is -0.317. The van der Waals surface area contributed by atoms with Gasteiger partial charge in [0.2, 0.25) is 17.2 Å². The van der Waals surface area contributed by atoms with E-state index in [9.17, 15) is 19.5 Å². The van der Waals surface area contributed by atoms with E-state index in [4.69, 9.17) is 23.4 Å². The largest absolute Gasteiger partial charge is 0.472 e. The summed E-state index contributed by atoms with van der Waals surface area (Å²) >= 11 is 0. The van der Waals surface area contributed by atoms with Gasteiger partial charge in [-0.15, -0.1) is 0 Å². The number of epoxide rings is 1. The van der Waals surface area contributed by atoms with Crippen molar-refractivity contribution >= 4 is 17.7 Å². The molecular weight excluding hydrogens is 456 g/mol. The molecule has 5 fully saturated rings. The molecule has 9 heteroatoms. The molecule has 7 rings (SSSR count). The average molecular weight is 485 g/mol. The first-order chi connectivity index (χ1) is 16.3. The van der Waals surface area contributed by atoms with Crippen LogP contribution in [0, 0.1) is 22.2 Å². The van der Waals surface area contributed by atoms with E-state index in [0.717, 1.165) is 0 Å². The maximum absolute atomic E-state index is 14.4. The minimum atomic E-state index is -2.36. The van der Waals surface area contributed by atoms with Crippen molar-refractivity contribution in [3.63, 3.8) is 0 Å². The molecule has 2 saturated carbocycles. The minimum absolute atomic E-state index is 0.419. The zero-order chi connectivity index (χ0) is 25.0. The van der Waals surface area contributed by atoms with E-state index in [-0.39, 0.29) is 0 Å². The predicted molar refractivity (Wildman–Crippen MR) is 115 cm³/mol. The third-order valence-corrected chi connectivity index (χ3v) is 10.6. The molecule has 2 spiro atoms. The highest BCUT2D eigenvalue weighted by Gasteiger charge is 2.97. The number of carbonyl (C=O) groups is 3. The number of furan rings is 1. The van der Waals surface area contributed by atoms with Gasteiger partial charge < -0.3 is 28.5 Å². The number of Topliss-reactive ketones (excluding diaryl/α,β-unsaturated/α-hetero) is 1. The van der Waals surface area contributed by atoms with Gasteiger partial charge in [0.05, 0.1) is 17.9 Å². The Labute approximate surface area is 201 Å². The Balaban J connectivity index is 1.52. The van der Waals surface area contributed by atoms with Crippen molar-refractivity contribution in [1.29, 1.82) is 0 Å². The Hall–Kier alpha value is -2.49. The molecule has 0 unspecified atom stereocenters. The third kappa shape index (κ3) is 1.80. The number of hydrogen-bond donors (Lipinski definition) is 1. The molecule has 2 bridgehead atoms. The van der Waals surface area contributed by atoms with Crippen molar-refractivity contribution in [1.82, 2.24) is 0 Å². The number of rotatable bonds is 1. The highest BCUT2D eigenvalue weighted by atomic mass is 16.7. The van der Waals surface area contributed by atoms with Gasteiger partial charge in [-0.3, -0.25) is 4.79 Å². The summed E-state index contributed by atoms with van der Waals surface area (Å²) in [7, 11) is 0. The van der Waals surface area contributed by atoms with Crippen LogP contribution >= 0.6 is 0 Å². The van der Waals surface area contributed by atoms with E-state index < -0.39 is 74.7 Å². The van der Waals surface area contributed by atoms with Gasteiger partial charge >= 0.3 is 11.9 Å². The molecule has 6 aliphatic rings. The Morgan fingerprint density at radius 1 is 1.06 bits per heavy atom. The van der Waals surface area contributed by atoms with Crippen LogP contribution < -0.4 is 0 Å². The van der Waals surface area contributed by atoms with E-state index in [1.807, 2.05) is 13.8 Å². The number of carbonyl (C=O) groups excluding carboxylic acids is 3. The summed E-state index contributed by atoms with van der Waals surface area (Å²) in [5.74, 6) is -4.68. The second-order valence-corrected chi connectivity index (χ2v) is 12.1. The molecule has 5 heterocycles. The van der Waals surface area contributed by atoms with Gasteiger partial charge in [-0.1, -0.05) is 26.8 Å². The van der Waals surface area contributed by atoms with Crippen molar-refractivity contribution in [2.45, 2.75) is 82.3 Å². The molecule has 3 saturated heterocycles. The van der Waals surface area contributed by atoms with E-state index in [2.05, 4.69) is 0 Å². The lowest BCUT2D eigenvalue weighted by Gasteiger charge is -2.67. The molecular formula is C26H28O9. The summed E-state index contributed by atoms with van der Waals surface area (Å²) in [5.41, 5.74) is -6.81. The summed E-state index contributed by atoms with van der Waals surface area (Å²) in [6.45, 7) is 8.99. The minimum Gasteiger partial charge on any atom is -0.472 e. The zero-order valence-corrected chi connectivity index (χ0v) is 20.2. The molecule has 2 aliphatic carbocycles. The summed E-state index contributed by atoms with van der Waals surface area (Å²) < 4.78 is 29.7. The lowest BCUT2D eigenvalue weighted by atomic mass is 9.36. The number of hydrogen-bond acceptors (Lipinski definition) is 9. The Morgan fingerprint density at radius 2 is 1.80 bits per heavy atom. The fourth-order valence-corrected chi connectivity index (χ4v) is 9.27. The summed E-state index contributed by atoms with van der Waals surface area (Å²) in [6, 6.07) is 1.75. The smallest absolute Gasteiger partial charge is 0.339 e. The molecule has 1 aromatic heterocycles. The molecule has 1 N–H and O–H groups in total. The lowest BCUT2D eigenvalue weighted by Crippen LogP contribution is -2.81. The fourth-order valence-electron chi connectivity index (χ4n) is 9.27. The van der Waals surface area contributed by atoms with Crippen LogP contribution in [0.15, 0.2) is 35.2 Å². The van der Waals surface area contributed by atoms with Crippen molar-refractivity contribution in [3.05, 3.63) is 36.3 Å². The van der Waals surface area contributed by atoms with Crippen LogP contribution in [0.1, 0.15) is 59.1 Å². The molecule has 9 atom stereocenters. The first kappa shape index (κ1) is 21.8. The average Bonchev–Trinajstić information content (AvgIpc) is 3.31. The number of aliphatic hydroxyl groups is 1. The maximum atomic E-state index is 14.4. The van der Waals surface area contributed by atoms with E-state index >= 15 is 0 Å². The van der Waals surface area contributed by atoms with Crippen LogP contribution in [0.25, 0.3) is 0 Å². The zero-order valence-electron chi connectivity index (χ0n) is 20.2. The standard InChI is InChI=1S/C26H28O9/c1-20(2)25-19(29)26(30,35-20)23(5)14(21(25,3)10-7-15(27)33-25)6-9-22(4)16(13-8-11-31-12-13)32-18(28)17-24(22,23)34-17/h7-8,10-12,14,16-17,30H,6,9H2,1-5H3/t14-,16+,17-,21-,22+,23-,24-,25+,26-/m1/s1. The highest BCUT2D eigenvalue weighted by molar-refractivity contribution is 6.04. The van der Waals surface area contributed by atoms with Gasteiger partial charge in [0.15, 0.2) is 6.10 Å². The van der Waals surface area contributed by atoms with Crippen molar-refractivity contribution in [3.8, 4) is 0 Å². The van der Waals surface area contributed by atoms with Gasteiger partial charge in [-0.2, -0.15) is 0 Å². The number of esters is 2. The van der Waals surface area contributed by atoms with Gasteiger partial charge in [-0.05, 0) is 38.7 Å². The summed E-state index contributed by atoms with van der Waals surface area (Å²) in [4.78, 5) is 40.0. The second-order valence-electron chi connectivity index (χ2n) is 12.1. The van der Waals surface area contributed by atoms with Crippen molar-refractivity contribution in [2.75, 3.05) is 0 Å². The van der Waals surface area contributed by atoms with E-state index in [0.29, 0.717) is 18.4 Å². The molecule has 0 amide bonds. The summed E-state index contributed by atoms with van der Waals surface area (Å²) in [5, 5.41) is 12.3. The number of cyclic esters (lactones) is 1. The molecule has 0 radical (unpaired) electrons. The monoisotopic (exact) mass is 484 g/mol. The quantitative estimate of drug-likeness (QED) is 0.472. The van der Waals surface area contributed by atoms with Crippen LogP contribution in [0.4, 0.5) is 0 Å². The highest BCUT2D eigenvalue weighted by Crippen LogP contribution is 2.83. The van der Waals surface area contributed by atoms with Crippen molar-refractivity contribution < 1.29 is 42.9 Å². The molecule has 1 aromatic rings. The van der Waals surface area contributed by atoms with E-state index in [1.54, 1.807) is 39.2 Å². The van der Waals surface area contributed by atoms with Crippen LogP contribution in [0.2, 0.25) is 0 Å². The molecule has 186 valence electrons. The van der Waals surface area contributed by atoms with Crippen LogP contribution in [-0.2, 0) is 33.3 Å². The van der Waals surface area contributed by atoms with Crippen LogP contribution in [-0.4, -0.2) is 51.5 Å². The molecule has 35 heavy (non-hydrogen) atoms. The van der Waals surface area contributed by atoms with Gasteiger partial charge in [0, 0.05) is 22.5 Å². The first-order valence-corrected chi connectivity index (χ1v) is 12.1. The van der Waals surface area contributed by atoms with Crippen molar-refractivity contribution in [2.24, 2.45) is 22.2 Å². The van der Waals surface area contributed by atoms with Crippen LogP contribution in [0.3, 0.4) is 0 Å². The van der Waals surface area contributed by atoms with Crippen LogP contribution in [0.5, 0.6) is 0 Å². The topological polar surface area (TPSA) is 125 Å². The Morgan fingerprint density at radius 3 is 2.49 bits per heavy atom.